The van der Waals surface area contributed by atoms with Gasteiger partial charge in [0.05, 0.1) is 22.6 Å². The molecule has 11 heteroatoms. The molecule has 0 bridgehead atoms. The standard InChI is InChI=1S/C21H24N6O4S/c1-24-9-7-16(8-10-24)26(13-17-4-3-11-31-17)20(28)15-5-6-19(18(12-15)27(29)30)32-21-23-22-14-25(21)2/h3-6,11-12,14,16H,7-10,13H2,1-2H3. The molecule has 1 aliphatic heterocycles. The summed E-state index contributed by atoms with van der Waals surface area (Å²) in [5.74, 6) is 0.440. The lowest BCUT2D eigenvalue weighted by molar-refractivity contribution is -0.387. The van der Waals surface area contributed by atoms with E-state index in [0.717, 1.165) is 37.7 Å². The number of aromatic nitrogens is 3. The number of rotatable bonds is 7. The second-order valence-electron chi connectivity index (χ2n) is 7.81. The van der Waals surface area contributed by atoms with Crippen molar-refractivity contribution in [2.45, 2.75) is 35.5 Å². The third kappa shape index (κ3) is 4.83. The fraction of sp³-hybridized carbons (Fsp3) is 0.381. The Hall–Kier alpha value is -3.18. The van der Waals surface area contributed by atoms with E-state index in [0.29, 0.717) is 22.4 Å². The van der Waals surface area contributed by atoms with Crippen molar-refractivity contribution in [3.63, 3.8) is 0 Å². The Bertz CT molecular complexity index is 1090. The van der Waals surface area contributed by atoms with Crippen molar-refractivity contribution < 1.29 is 14.1 Å². The maximum Gasteiger partial charge on any atom is 0.284 e. The van der Waals surface area contributed by atoms with Gasteiger partial charge in [0.2, 0.25) is 0 Å². The number of nitrogens with zero attached hydrogens (tertiary/aromatic N) is 6. The van der Waals surface area contributed by atoms with Crippen molar-refractivity contribution in [3.8, 4) is 0 Å². The summed E-state index contributed by atoms with van der Waals surface area (Å²) in [5.41, 5.74) is 0.148. The van der Waals surface area contributed by atoms with Crippen LogP contribution in [0, 0.1) is 10.1 Å². The molecule has 0 saturated carbocycles. The first kappa shape index (κ1) is 22.0. The number of nitro benzene ring substituents is 1. The number of carbonyl (C=O) groups is 1. The number of likely N-dealkylation sites (tertiary alicyclic amines) is 1. The van der Waals surface area contributed by atoms with E-state index >= 15 is 0 Å². The van der Waals surface area contributed by atoms with Gasteiger partial charge in [-0.05, 0) is 69.0 Å². The molecule has 1 fully saturated rings. The van der Waals surface area contributed by atoms with E-state index in [9.17, 15) is 14.9 Å². The number of hydrogen-bond acceptors (Lipinski definition) is 8. The first-order valence-corrected chi connectivity index (χ1v) is 11.1. The van der Waals surface area contributed by atoms with Gasteiger partial charge in [-0.2, -0.15) is 0 Å². The molecule has 168 valence electrons. The second kappa shape index (κ2) is 9.53. The van der Waals surface area contributed by atoms with Gasteiger partial charge < -0.3 is 18.8 Å². The van der Waals surface area contributed by atoms with Gasteiger partial charge in [0.25, 0.3) is 11.6 Å². The Labute approximate surface area is 189 Å². The monoisotopic (exact) mass is 456 g/mol. The van der Waals surface area contributed by atoms with E-state index in [-0.39, 0.29) is 23.2 Å². The van der Waals surface area contributed by atoms with Crippen LogP contribution in [0.1, 0.15) is 29.0 Å². The fourth-order valence-corrected chi connectivity index (χ4v) is 4.60. The Morgan fingerprint density at radius 1 is 1.31 bits per heavy atom. The Kier molecular flexibility index (Phi) is 6.56. The highest BCUT2D eigenvalue weighted by Gasteiger charge is 2.30. The van der Waals surface area contributed by atoms with E-state index in [1.165, 1.54) is 12.4 Å². The zero-order valence-corrected chi connectivity index (χ0v) is 18.7. The van der Waals surface area contributed by atoms with Crippen LogP contribution < -0.4 is 0 Å². The molecule has 32 heavy (non-hydrogen) atoms. The number of amides is 1. The molecule has 1 amide bonds. The van der Waals surface area contributed by atoms with Crippen LogP contribution in [-0.4, -0.2) is 61.6 Å². The van der Waals surface area contributed by atoms with Gasteiger partial charge in [0.1, 0.15) is 12.1 Å². The number of benzene rings is 1. The molecule has 1 saturated heterocycles. The number of furan rings is 1. The predicted molar refractivity (Wildman–Crippen MR) is 117 cm³/mol. The van der Waals surface area contributed by atoms with Crippen LogP contribution in [0.5, 0.6) is 0 Å². The molecule has 10 nitrogen and oxygen atoms in total. The average Bonchev–Trinajstić information content (AvgIpc) is 3.44. The first-order valence-electron chi connectivity index (χ1n) is 10.2. The third-order valence-electron chi connectivity index (χ3n) is 5.57. The molecule has 2 aromatic heterocycles. The maximum atomic E-state index is 13.5. The summed E-state index contributed by atoms with van der Waals surface area (Å²) < 4.78 is 7.16. The molecule has 0 N–H and O–H groups in total. The van der Waals surface area contributed by atoms with Crippen LogP contribution >= 0.6 is 11.8 Å². The molecule has 3 aromatic rings. The van der Waals surface area contributed by atoms with Gasteiger partial charge in [-0.3, -0.25) is 14.9 Å². The third-order valence-corrected chi connectivity index (χ3v) is 6.69. The Morgan fingerprint density at radius 2 is 2.09 bits per heavy atom. The number of aryl methyl sites for hydroxylation is 1. The fourth-order valence-electron chi connectivity index (χ4n) is 3.75. The SMILES string of the molecule is CN1CCC(N(Cc2ccco2)C(=O)c2ccc(Sc3nncn3C)c([N+](=O)[O-])c2)CC1. The highest BCUT2D eigenvalue weighted by molar-refractivity contribution is 7.99. The van der Waals surface area contributed by atoms with E-state index in [1.54, 1.807) is 41.0 Å². The van der Waals surface area contributed by atoms with Crippen LogP contribution in [0.15, 0.2) is 57.4 Å². The quantitative estimate of drug-likeness (QED) is 0.394. The lowest BCUT2D eigenvalue weighted by Crippen LogP contribution is -2.46. The smallest absolute Gasteiger partial charge is 0.284 e. The largest absolute Gasteiger partial charge is 0.467 e. The summed E-state index contributed by atoms with van der Waals surface area (Å²) in [7, 11) is 3.83. The summed E-state index contributed by atoms with van der Waals surface area (Å²) in [6, 6.07) is 8.25. The number of nitro groups is 1. The maximum absolute atomic E-state index is 13.5. The molecule has 0 radical (unpaired) electrons. The molecule has 0 spiro atoms. The highest BCUT2D eigenvalue weighted by Crippen LogP contribution is 2.34. The zero-order chi connectivity index (χ0) is 22.7. The normalized spacial score (nSPS) is 15.1. The highest BCUT2D eigenvalue weighted by atomic mass is 32.2. The van der Waals surface area contributed by atoms with Crippen molar-refractivity contribution >= 4 is 23.4 Å². The van der Waals surface area contributed by atoms with Crippen molar-refractivity contribution in [1.82, 2.24) is 24.6 Å². The van der Waals surface area contributed by atoms with Crippen LogP contribution in [0.25, 0.3) is 0 Å². The molecular weight excluding hydrogens is 432 g/mol. The minimum atomic E-state index is -0.470. The van der Waals surface area contributed by atoms with Gasteiger partial charge in [-0.1, -0.05) is 0 Å². The summed E-state index contributed by atoms with van der Waals surface area (Å²) in [5, 5.41) is 20.1. The molecule has 1 aliphatic rings. The lowest BCUT2D eigenvalue weighted by atomic mass is 10.0. The van der Waals surface area contributed by atoms with Crippen molar-refractivity contribution in [2.24, 2.45) is 7.05 Å². The van der Waals surface area contributed by atoms with Gasteiger partial charge in [-0.25, -0.2) is 0 Å². The van der Waals surface area contributed by atoms with E-state index in [1.807, 2.05) is 6.07 Å². The molecule has 4 rings (SSSR count). The summed E-state index contributed by atoms with van der Waals surface area (Å²) in [4.78, 5) is 29.2. The summed E-state index contributed by atoms with van der Waals surface area (Å²) >= 11 is 1.14. The van der Waals surface area contributed by atoms with Crippen LogP contribution in [0.2, 0.25) is 0 Å². The Balaban J connectivity index is 1.63. The minimum absolute atomic E-state index is 0.0375. The van der Waals surface area contributed by atoms with Gasteiger partial charge in [-0.15, -0.1) is 10.2 Å². The number of hydrogen-bond donors (Lipinski definition) is 0. The van der Waals surface area contributed by atoms with Crippen LogP contribution in [0.3, 0.4) is 0 Å². The summed E-state index contributed by atoms with van der Waals surface area (Å²) in [6.45, 7) is 2.10. The second-order valence-corrected chi connectivity index (χ2v) is 8.82. The molecule has 3 heterocycles. The van der Waals surface area contributed by atoms with Gasteiger partial charge >= 0.3 is 0 Å². The molecule has 0 unspecified atom stereocenters. The number of carbonyl (C=O) groups excluding carboxylic acids is 1. The number of piperidine rings is 1. The van der Waals surface area contributed by atoms with Crippen molar-refractivity contribution in [3.05, 3.63) is 64.4 Å². The van der Waals surface area contributed by atoms with Crippen LogP contribution in [0.4, 0.5) is 5.69 Å². The van der Waals surface area contributed by atoms with E-state index < -0.39 is 4.92 Å². The molecule has 0 aliphatic carbocycles. The molecule has 1 aromatic carbocycles. The van der Waals surface area contributed by atoms with Crippen LogP contribution in [-0.2, 0) is 13.6 Å². The summed E-state index contributed by atoms with van der Waals surface area (Å²) in [6.07, 6.45) is 4.78. The Morgan fingerprint density at radius 3 is 2.72 bits per heavy atom. The first-order chi connectivity index (χ1) is 15.4. The van der Waals surface area contributed by atoms with E-state index in [2.05, 4.69) is 22.1 Å². The van der Waals surface area contributed by atoms with Gasteiger partial charge in [0, 0.05) is 24.7 Å². The zero-order valence-electron chi connectivity index (χ0n) is 17.9. The minimum Gasteiger partial charge on any atom is -0.467 e. The molecule has 0 atom stereocenters. The van der Waals surface area contributed by atoms with E-state index in [4.69, 9.17) is 4.42 Å². The van der Waals surface area contributed by atoms with Crippen molar-refractivity contribution in [1.29, 1.82) is 0 Å². The van der Waals surface area contributed by atoms with Gasteiger partial charge in [0.15, 0.2) is 5.16 Å². The topological polar surface area (TPSA) is 111 Å². The average molecular weight is 457 g/mol. The van der Waals surface area contributed by atoms with Crippen molar-refractivity contribution in [2.75, 3.05) is 20.1 Å². The lowest BCUT2D eigenvalue weighted by Gasteiger charge is -2.37. The predicted octanol–water partition coefficient (Wildman–Crippen LogP) is 3.20. The molecular formula is C21H24N6O4S.